The van der Waals surface area contributed by atoms with Gasteiger partial charge in [0.05, 0.1) is 18.3 Å². The lowest BCUT2D eigenvalue weighted by atomic mass is 10.0. The molecule has 0 radical (unpaired) electrons. The summed E-state index contributed by atoms with van der Waals surface area (Å²) < 4.78 is 5.86. The zero-order valence-corrected chi connectivity index (χ0v) is 11.9. The molecule has 2 atom stereocenters. The number of ether oxygens (including phenoxy) is 1. The van der Waals surface area contributed by atoms with E-state index in [9.17, 15) is 5.11 Å². The van der Waals surface area contributed by atoms with Crippen LogP contribution in [0.1, 0.15) is 23.8 Å². The lowest BCUT2D eigenvalue weighted by Gasteiger charge is -2.28. The van der Waals surface area contributed by atoms with Gasteiger partial charge in [0.15, 0.2) is 0 Å². The van der Waals surface area contributed by atoms with Crippen LogP contribution in [-0.4, -0.2) is 39.8 Å². The Balaban J connectivity index is 1.84. The van der Waals surface area contributed by atoms with Crippen LogP contribution >= 0.6 is 0 Å². The van der Waals surface area contributed by atoms with Crippen LogP contribution in [0, 0.1) is 0 Å². The fourth-order valence-corrected chi connectivity index (χ4v) is 2.63. The molecule has 2 aromatic heterocycles. The van der Waals surface area contributed by atoms with E-state index in [1.54, 1.807) is 18.5 Å². The molecular weight excluding hydrogens is 268 g/mol. The summed E-state index contributed by atoms with van der Waals surface area (Å²) in [5.41, 5.74) is 1.67. The van der Waals surface area contributed by atoms with E-state index in [0.717, 1.165) is 12.0 Å². The second kappa shape index (κ2) is 6.15. The molecule has 3 rings (SSSR count). The number of pyridine rings is 1. The molecule has 0 amide bonds. The van der Waals surface area contributed by atoms with Crippen molar-refractivity contribution in [2.75, 3.05) is 18.6 Å². The first-order chi connectivity index (χ1) is 10.3. The molecule has 21 heavy (non-hydrogen) atoms. The number of nitrogens with zero attached hydrogens (tertiary/aromatic N) is 4. The van der Waals surface area contributed by atoms with Gasteiger partial charge < -0.3 is 14.7 Å². The molecule has 0 spiro atoms. The topological polar surface area (TPSA) is 71.4 Å². The molecule has 110 valence electrons. The summed E-state index contributed by atoms with van der Waals surface area (Å²) in [6.45, 7) is 0.616. The summed E-state index contributed by atoms with van der Waals surface area (Å²) in [6.07, 6.45) is 6.12. The van der Waals surface area contributed by atoms with Crippen LogP contribution in [0.5, 0.6) is 0 Å². The first kappa shape index (κ1) is 13.9. The smallest absolute Gasteiger partial charge is 0.225 e. The summed E-state index contributed by atoms with van der Waals surface area (Å²) in [5.74, 6) is 0.603. The fraction of sp³-hybridized carbons (Fsp3) is 0.400. The number of hydrogen-bond acceptors (Lipinski definition) is 6. The van der Waals surface area contributed by atoms with E-state index in [1.165, 1.54) is 0 Å². The lowest BCUT2D eigenvalue weighted by molar-refractivity contribution is 0.104. The Morgan fingerprint density at radius 1 is 1.38 bits per heavy atom. The highest BCUT2D eigenvalue weighted by molar-refractivity contribution is 5.33. The Hall–Kier alpha value is -2.05. The third-order valence-corrected chi connectivity index (χ3v) is 3.75. The number of aliphatic hydroxyl groups excluding tert-OH is 1. The highest BCUT2D eigenvalue weighted by atomic mass is 16.5. The molecule has 1 N–H and O–H groups in total. The van der Waals surface area contributed by atoms with E-state index in [1.807, 2.05) is 30.3 Å². The van der Waals surface area contributed by atoms with Crippen LogP contribution in [0.15, 0.2) is 36.8 Å². The summed E-state index contributed by atoms with van der Waals surface area (Å²) >= 11 is 0. The maximum atomic E-state index is 9.20. The van der Waals surface area contributed by atoms with E-state index in [-0.39, 0.29) is 18.8 Å². The maximum absolute atomic E-state index is 9.20. The summed E-state index contributed by atoms with van der Waals surface area (Å²) in [5, 5.41) is 9.20. The summed E-state index contributed by atoms with van der Waals surface area (Å²) in [6, 6.07) is 5.80. The Bertz CT molecular complexity index is 593. The van der Waals surface area contributed by atoms with Crippen LogP contribution in [0.3, 0.4) is 0 Å². The minimum absolute atomic E-state index is 0.0370. The Labute approximate surface area is 123 Å². The Morgan fingerprint density at radius 2 is 2.29 bits per heavy atom. The largest absolute Gasteiger partial charge is 0.390 e. The SMILES string of the molecule is CN(c1nccc(CO)n1)[C@H]1CCO[C@@H]1c1cccnc1. The van der Waals surface area contributed by atoms with Crippen LogP contribution < -0.4 is 4.90 Å². The van der Waals surface area contributed by atoms with Gasteiger partial charge in [-0.2, -0.15) is 0 Å². The van der Waals surface area contributed by atoms with E-state index < -0.39 is 0 Å². The van der Waals surface area contributed by atoms with Crippen molar-refractivity contribution in [3.63, 3.8) is 0 Å². The molecule has 6 nitrogen and oxygen atoms in total. The zero-order chi connectivity index (χ0) is 14.7. The number of anilines is 1. The van der Waals surface area contributed by atoms with Crippen molar-refractivity contribution in [2.45, 2.75) is 25.2 Å². The van der Waals surface area contributed by atoms with Gasteiger partial charge in [0.1, 0.15) is 6.10 Å². The fourth-order valence-electron chi connectivity index (χ4n) is 2.63. The van der Waals surface area contributed by atoms with Crippen molar-refractivity contribution in [2.24, 2.45) is 0 Å². The van der Waals surface area contributed by atoms with Crippen molar-refractivity contribution in [3.8, 4) is 0 Å². The molecule has 1 fully saturated rings. The number of aromatic nitrogens is 3. The van der Waals surface area contributed by atoms with Gasteiger partial charge in [-0.1, -0.05) is 6.07 Å². The maximum Gasteiger partial charge on any atom is 0.225 e. The Morgan fingerprint density at radius 3 is 3.05 bits per heavy atom. The molecule has 6 heteroatoms. The molecule has 1 aliphatic heterocycles. The predicted octanol–water partition coefficient (Wildman–Crippen LogP) is 1.33. The van der Waals surface area contributed by atoms with Gasteiger partial charge in [0.25, 0.3) is 0 Å². The average molecular weight is 286 g/mol. The van der Waals surface area contributed by atoms with Gasteiger partial charge in [0.2, 0.25) is 5.95 Å². The molecule has 0 bridgehead atoms. The molecule has 1 saturated heterocycles. The van der Waals surface area contributed by atoms with Gasteiger partial charge in [-0.15, -0.1) is 0 Å². The van der Waals surface area contributed by atoms with Gasteiger partial charge in [-0.3, -0.25) is 4.98 Å². The number of rotatable bonds is 4. The normalized spacial score (nSPS) is 21.4. The van der Waals surface area contributed by atoms with Gasteiger partial charge in [0, 0.05) is 37.8 Å². The molecule has 0 aromatic carbocycles. The molecule has 0 saturated carbocycles. The van der Waals surface area contributed by atoms with Crippen molar-refractivity contribution in [1.82, 2.24) is 15.0 Å². The first-order valence-electron chi connectivity index (χ1n) is 6.96. The zero-order valence-electron chi connectivity index (χ0n) is 11.9. The lowest BCUT2D eigenvalue weighted by Crippen LogP contribution is -2.35. The van der Waals surface area contributed by atoms with Gasteiger partial charge in [-0.05, 0) is 18.6 Å². The molecule has 0 unspecified atom stereocenters. The van der Waals surface area contributed by atoms with Crippen molar-refractivity contribution in [3.05, 3.63) is 48.0 Å². The van der Waals surface area contributed by atoms with Crippen molar-refractivity contribution < 1.29 is 9.84 Å². The minimum Gasteiger partial charge on any atom is -0.390 e. The molecule has 3 heterocycles. The molecule has 0 aliphatic carbocycles. The second-order valence-corrected chi connectivity index (χ2v) is 5.05. The van der Waals surface area contributed by atoms with E-state index in [0.29, 0.717) is 18.2 Å². The number of likely N-dealkylation sites (N-methyl/N-ethyl adjacent to an activating group) is 1. The van der Waals surface area contributed by atoms with Gasteiger partial charge >= 0.3 is 0 Å². The van der Waals surface area contributed by atoms with Crippen LogP contribution in [0.4, 0.5) is 5.95 Å². The van der Waals surface area contributed by atoms with E-state index in [2.05, 4.69) is 15.0 Å². The first-order valence-corrected chi connectivity index (χ1v) is 6.96. The average Bonchev–Trinajstić information content (AvgIpc) is 3.04. The Kier molecular flexibility index (Phi) is 4.08. The van der Waals surface area contributed by atoms with Crippen molar-refractivity contribution >= 4 is 5.95 Å². The minimum atomic E-state index is -0.0867. The van der Waals surface area contributed by atoms with Crippen LogP contribution in [0.25, 0.3) is 0 Å². The van der Waals surface area contributed by atoms with Gasteiger partial charge in [-0.25, -0.2) is 9.97 Å². The summed E-state index contributed by atoms with van der Waals surface area (Å²) in [7, 11) is 1.96. The highest BCUT2D eigenvalue weighted by Crippen LogP contribution is 2.33. The molecule has 2 aromatic rings. The summed E-state index contributed by atoms with van der Waals surface area (Å²) in [4.78, 5) is 14.8. The third-order valence-electron chi connectivity index (χ3n) is 3.75. The highest BCUT2D eigenvalue weighted by Gasteiger charge is 2.34. The third kappa shape index (κ3) is 2.86. The molecular formula is C15H18N4O2. The number of hydrogen-bond donors (Lipinski definition) is 1. The van der Waals surface area contributed by atoms with Crippen LogP contribution in [0.2, 0.25) is 0 Å². The quantitative estimate of drug-likeness (QED) is 0.914. The van der Waals surface area contributed by atoms with E-state index >= 15 is 0 Å². The monoisotopic (exact) mass is 286 g/mol. The number of aliphatic hydroxyl groups is 1. The predicted molar refractivity (Wildman–Crippen MR) is 77.7 cm³/mol. The molecule has 1 aliphatic rings. The van der Waals surface area contributed by atoms with E-state index in [4.69, 9.17) is 4.74 Å². The van der Waals surface area contributed by atoms with Crippen LogP contribution in [-0.2, 0) is 11.3 Å². The standard InChI is InChI=1S/C15H18N4O2/c1-19(15-17-7-4-12(10-20)18-15)13-5-8-21-14(13)11-3-2-6-16-9-11/h2-4,6-7,9,13-14,20H,5,8,10H2,1H3/t13-,14+/m0/s1. The second-order valence-electron chi connectivity index (χ2n) is 5.05. The van der Waals surface area contributed by atoms with Crippen molar-refractivity contribution in [1.29, 1.82) is 0 Å².